The van der Waals surface area contributed by atoms with Gasteiger partial charge in [0.15, 0.2) is 5.51 Å². The molecule has 4 nitrogen and oxygen atoms in total. The van der Waals surface area contributed by atoms with E-state index in [1.807, 2.05) is 0 Å². The highest BCUT2D eigenvalue weighted by Gasteiger charge is 2.06. The first-order chi connectivity index (χ1) is 5.20. The number of nitrogens with one attached hydrogen (secondary N) is 1. The van der Waals surface area contributed by atoms with Gasteiger partial charge in [0.2, 0.25) is 5.90 Å². The van der Waals surface area contributed by atoms with Crippen LogP contribution >= 0.6 is 11.3 Å². The third kappa shape index (κ3) is 2.12. The second-order valence-corrected chi connectivity index (χ2v) is 2.40. The zero-order valence-electron chi connectivity index (χ0n) is 5.75. The molecule has 0 aromatic carbocycles. The lowest BCUT2D eigenvalue weighted by molar-refractivity contribution is -0.133. The summed E-state index contributed by atoms with van der Waals surface area (Å²) in [7, 11) is 0. The largest absolute Gasteiger partial charge is 0.406 e. The first-order valence-electron chi connectivity index (χ1n) is 2.79. The predicted octanol–water partition coefficient (Wildman–Crippen LogP) is 0.832. The predicted molar refractivity (Wildman–Crippen MR) is 39.5 cm³/mol. The number of esters is 1. The molecular weight excluding hydrogens is 164 g/mol. The highest BCUT2D eigenvalue weighted by Crippen LogP contribution is 2.01. The lowest BCUT2D eigenvalue weighted by atomic mass is 10.5. The minimum atomic E-state index is -0.511. The SMILES string of the molecule is CC(=O)OC(=N)c1cs[c]n1. The van der Waals surface area contributed by atoms with Crippen LogP contribution in [-0.4, -0.2) is 16.9 Å². The maximum Gasteiger partial charge on any atom is 0.309 e. The van der Waals surface area contributed by atoms with Gasteiger partial charge in [0.25, 0.3) is 0 Å². The Bertz CT molecular complexity index is 268. The maximum absolute atomic E-state index is 10.4. The summed E-state index contributed by atoms with van der Waals surface area (Å²) in [6.07, 6.45) is 0. The minimum absolute atomic E-state index is 0.227. The average Bonchev–Trinajstić information content (AvgIpc) is 2.35. The molecule has 0 unspecified atom stereocenters. The second-order valence-electron chi connectivity index (χ2n) is 1.75. The third-order valence-electron chi connectivity index (χ3n) is 0.868. The van der Waals surface area contributed by atoms with Crippen molar-refractivity contribution in [3.05, 3.63) is 16.6 Å². The van der Waals surface area contributed by atoms with Gasteiger partial charge in [-0.2, -0.15) is 0 Å². The Morgan fingerprint density at radius 1 is 1.91 bits per heavy atom. The van der Waals surface area contributed by atoms with Crippen molar-refractivity contribution in [2.45, 2.75) is 6.92 Å². The molecule has 0 aliphatic heterocycles. The first kappa shape index (κ1) is 7.87. The Morgan fingerprint density at radius 3 is 3.09 bits per heavy atom. The summed E-state index contributed by atoms with van der Waals surface area (Å²) in [6.45, 7) is 1.24. The molecule has 0 spiro atoms. The number of carbonyl (C=O) groups is 1. The van der Waals surface area contributed by atoms with Crippen LogP contribution < -0.4 is 0 Å². The topological polar surface area (TPSA) is 63.0 Å². The molecule has 1 heterocycles. The molecule has 0 aliphatic carbocycles. The molecule has 5 heteroatoms. The van der Waals surface area contributed by atoms with Gasteiger partial charge in [0.05, 0.1) is 0 Å². The van der Waals surface area contributed by atoms with Gasteiger partial charge < -0.3 is 4.74 Å². The van der Waals surface area contributed by atoms with Crippen molar-refractivity contribution >= 4 is 23.2 Å². The molecule has 1 aromatic heterocycles. The van der Waals surface area contributed by atoms with Crippen molar-refractivity contribution in [2.24, 2.45) is 0 Å². The van der Waals surface area contributed by atoms with E-state index in [2.05, 4.69) is 15.2 Å². The number of rotatable bonds is 1. The maximum atomic E-state index is 10.4. The van der Waals surface area contributed by atoms with E-state index in [1.54, 1.807) is 5.38 Å². The van der Waals surface area contributed by atoms with Crippen molar-refractivity contribution in [3.63, 3.8) is 0 Å². The molecule has 0 amide bonds. The van der Waals surface area contributed by atoms with E-state index in [4.69, 9.17) is 5.41 Å². The number of thiazole rings is 1. The molecule has 1 rings (SSSR count). The van der Waals surface area contributed by atoms with Gasteiger partial charge in [-0.15, -0.1) is 11.3 Å². The van der Waals surface area contributed by atoms with Crippen LogP contribution in [0.5, 0.6) is 0 Å². The fourth-order valence-corrected chi connectivity index (χ4v) is 0.959. The van der Waals surface area contributed by atoms with E-state index < -0.39 is 5.97 Å². The van der Waals surface area contributed by atoms with Crippen LogP contribution in [0.4, 0.5) is 0 Å². The van der Waals surface area contributed by atoms with Crippen LogP contribution in [-0.2, 0) is 9.53 Å². The molecule has 0 fully saturated rings. The van der Waals surface area contributed by atoms with Gasteiger partial charge in [-0.3, -0.25) is 10.2 Å². The summed E-state index contributed by atoms with van der Waals surface area (Å²) in [4.78, 5) is 14.0. The van der Waals surface area contributed by atoms with Crippen LogP contribution in [0.15, 0.2) is 5.38 Å². The van der Waals surface area contributed by atoms with Gasteiger partial charge in [-0.05, 0) is 0 Å². The van der Waals surface area contributed by atoms with Crippen molar-refractivity contribution in [1.82, 2.24) is 4.98 Å². The molecule has 1 radical (unpaired) electrons. The van der Waals surface area contributed by atoms with Crippen LogP contribution in [0.3, 0.4) is 0 Å². The molecule has 1 N–H and O–H groups in total. The number of hydrogen-bond donors (Lipinski definition) is 1. The Labute approximate surface area is 67.3 Å². The first-order valence-corrected chi connectivity index (χ1v) is 3.67. The van der Waals surface area contributed by atoms with Gasteiger partial charge >= 0.3 is 5.97 Å². The van der Waals surface area contributed by atoms with Crippen molar-refractivity contribution < 1.29 is 9.53 Å². The minimum Gasteiger partial charge on any atom is -0.406 e. The number of nitrogens with zero attached hydrogens (tertiary/aromatic N) is 1. The Hall–Kier alpha value is -1.23. The van der Waals surface area contributed by atoms with Crippen LogP contribution in [0.25, 0.3) is 0 Å². The molecule has 1 aromatic rings. The van der Waals surface area contributed by atoms with Crippen LogP contribution in [0.1, 0.15) is 12.6 Å². The van der Waals surface area contributed by atoms with E-state index in [1.165, 1.54) is 18.3 Å². The smallest absolute Gasteiger partial charge is 0.309 e. The van der Waals surface area contributed by atoms with Gasteiger partial charge in [-0.25, -0.2) is 4.98 Å². The normalized spacial score (nSPS) is 9.18. The zero-order chi connectivity index (χ0) is 8.27. The summed E-state index contributed by atoms with van der Waals surface area (Å²) in [6, 6.07) is 0. The van der Waals surface area contributed by atoms with Gasteiger partial charge in [-0.1, -0.05) is 0 Å². The fourth-order valence-electron chi connectivity index (χ4n) is 0.484. The van der Waals surface area contributed by atoms with Crippen LogP contribution in [0.2, 0.25) is 0 Å². The number of aromatic nitrogens is 1. The molecule has 0 aliphatic rings. The van der Waals surface area contributed by atoms with Crippen molar-refractivity contribution in [3.8, 4) is 0 Å². The van der Waals surface area contributed by atoms with Crippen LogP contribution in [0, 0.1) is 10.9 Å². The zero-order valence-corrected chi connectivity index (χ0v) is 6.57. The summed E-state index contributed by atoms with van der Waals surface area (Å²) in [5, 5.41) is 8.75. The molecule has 0 saturated heterocycles. The quantitative estimate of drug-likeness (QED) is 0.385. The standard InChI is InChI=1S/C6H5N2O2S/c1-4(9)10-6(7)5-2-11-3-8-5/h2,7H,1H3. The lowest BCUT2D eigenvalue weighted by Crippen LogP contribution is -2.09. The molecule has 0 atom stereocenters. The number of hydrogen-bond acceptors (Lipinski definition) is 5. The summed E-state index contributed by atoms with van der Waals surface area (Å²) in [5.74, 6) is -0.738. The fraction of sp³-hybridized carbons (Fsp3) is 0.167. The summed E-state index contributed by atoms with van der Waals surface area (Å²) >= 11 is 1.23. The Morgan fingerprint density at radius 2 is 2.64 bits per heavy atom. The molecular formula is C6H5N2O2S. The van der Waals surface area contributed by atoms with Crippen molar-refractivity contribution in [2.75, 3.05) is 0 Å². The Kier molecular flexibility index (Phi) is 2.32. The number of ether oxygens (including phenoxy) is 1. The van der Waals surface area contributed by atoms with E-state index in [0.29, 0.717) is 5.69 Å². The van der Waals surface area contributed by atoms with E-state index >= 15 is 0 Å². The van der Waals surface area contributed by atoms with E-state index in [0.717, 1.165) is 0 Å². The second kappa shape index (κ2) is 3.25. The highest BCUT2D eigenvalue weighted by atomic mass is 32.1. The third-order valence-corrected chi connectivity index (χ3v) is 1.41. The van der Waals surface area contributed by atoms with Crippen molar-refractivity contribution in [1.29, 1.82) is 5.41 Å². The van der Waals surface area contributed by atoms with Gasteiger partial charge in [0.1, 0.15) is 5.69 Å². The summed E-state index contributed by atoms with van der Waals surface area (Å²) in [5.41, 5.74) is 2.88. The lowest BCUT2D eigenvalue weighted by Gasteiger charge is -1.96. The van der Waals surface area contributed by atoms with E-state index in [9.17, 15) is 4.79 Å². The average molecular weight is 169 g/mol. The van der Waals surface area contributed by atoms with E-state index in [-0.39, 0.29) is 5.90 Å². The highest BCUT2D eigenvalue weighted by molar-refractivity contribution is 7.07. The molecule has 0 saturated carbocycles. The molecule has 0 bridgehead atoms. The molecule has 57 valence electrons. The monoisotopic (exact) mass is 169 g/mol. The number of carbonyl (C=O) groups excluding carboxylic acids is 1. The summed E-state index contributed by atoms with van der Waals surface area (Å²) < 4.78 is 4.46. The molecule has 11 heavy (non-hydrogen) atoms. The Balaban J connectivity index is 2.64. The van der Waals surface area contributed by atoms with Gasteiger partial charge in [0, 0.05) is 12.3 Å².